The van der Waals surface area contributed by atoms with Gasteiger partial charge in [-0.25, -0.2) is 0 Å². The number of ether oxygens (including phenoxy) is 1. The Hall–Kier alpha value is -2.04. The Labute approximate surface area is 106 Å². The monoisotopic (exact) mass is 248 g/mol. The summed E-state index contributed by atoms with van der Waals surface area (Å²) in [6.45, 7) is 3.92. The predicted octanol–water partition coefficient (Wildman–Crippen LogP) is 1.30. The van der Waals surface area contributed by atoms with Crippen molar-refractivity contribution in [1.82, 2.24) is 5.32 Å². The van der Waals surface area contributed by atoms with Gasteiger partial charge in [0.05, 0.1) is 12.5 Å². The number of imide groups is 1. The van der Waals surface area contributed by atoms with E-state index in [0.717, 1.165) is 11.4 Å². The first kappa shape index (κ1) is 12.4. The summed E-state index contributed by atoms with van der Waals surface area (Å²) in [6, 6.07) is 6.84. The van der Waals surface area contributed by atoms with E-state index in [1.165, 1.54) is 0 Å². The van der Waals surface area contributed by atoms with Gasteiger partial charge in [0.1, 0.15) is 11.8 Å². The lowest BCUT2D eigenvalue weighted by Crippen LogP contribution is -2.29. The van der Waals surface area contributed by atoms with Crippen molar-refractivity contribution in [2.45, 2.75) is 32.4 Å². The topological polar surface area (TPSA) is 67.4 Å². The summed E-state index contributed by atoms with van der Waals surface area (Å²) >= 11 is 0. The third-order valence-corrected chi connectivity index (χ3v) is 2.54. The van der Waals surface area contributed by atoms with Gasteiger partial charge in [0.2, 0.25) is 11.8 Å². The minimum Gasteiger partial charge on any atom is -0.491 e. The van der Waals surface area contributed by atoms with Crippen molar-refractivity contribution in [1.29, 1.82) is 0 Å². The van der Waals surface area contributed by atoms with Crippen LogP contribution in [0.1, 0.15) is 20.3 Å². The Morgan fingerprint density at radius 1 is 1.28 bits per heavy atom. The number of carbonyl (C=O) groups is 2. The largest absolute Gasteiger partial charge is 0.491 e. The minimum atomic E-state index is -0.477. The summed E-state index contributed by atoms with van der Waals surface area (Å²) in [5.41, 5.74) is 0.793. The normalized spacial score (nSPS) is 18.9. The lowest BCUT2D eigenvalue weighted by atomic mass is 10.2. The maximum atomic E-state index is 11.4. The molecular formula is C13H16N2O3. The molecule has 18 heavy (non-hydrogen) atoms. The van der Waals surface area contributed by atoms with E-state index in [9.17, 15) is 9.59 Å². The fourth-order valence-electron chi connectivity index (χ4n) is 1.77. The van der Waals surface area contributed by atoms with Crippen molar-refractivity contribution >= 4 is 17.5 Å². The van der Waals surface area contributed by atoms with Crippen molar-refractivity contribution in [3.05, 3.63) is 24.3 Å². The molecule has 0 saturated carbocycles. The van der Waals surface area contributed by atoms with Gasteiger partial charge in [-0.15, -0.1) is 0 Å². The number of carbonyl (C=O) groups excluding carboxylic acids is 2. The Morgan fingerprint density at radius 3 is 2.44 bits per heavy atom. The van der Waals surface area contributed by atoms with Gasteiger partial charge in [0.25, 0.3) is 0 Å². The van der Waals surface area contributed by atoms with E-state index in [1.54, 1.807) is 0 Å². The number of benzene rings is 1. The van der Waals surface area contributed by atoms with Crippen LogP contribution < -0.4 is 15.4 Å². The van der Waals surface area contributed by atoms with Crippen LogP contribution in [0.2, 0.25) is 0 Å². The molecule has 1 saturated heterocycles. The molecule has 0 aromatic heterocycles. The number of nitrogens with one attached hydrogen (secondary N) is 2. The molecule has 0 aliphatic carbocycles. The Bertz CT molecular complexity index is 454. The van der Waals surface area contributed by atoms with E-state index in [4.69, 9.17) is 4.74 Å². The Kier molecular flexibility index (Phi) is 3.50. The lowest BCUT2D eigenvalue weighted by Gasteiger charge is -2.13. The van der Waals surface area contributed by atoms with Crippen molar-refractivity contribution in [2.75, 3.05) is 5.32 Å². The fraction of sp³-hybridized carbons (Fsp3) is 0.385. The number of rotatable bonds is 4. The minimum absolute atomic E-state index is 0.127. The third kappa shape index (κ3) is 3.00. The number of anilines is 1. The third-order valence-electron chi connectivity index (χ3n) is 2.54. The van der Waals surface area contributed by atoms with E-state index in [-0.39, 0.29) is 24.3 Å². The van der Waals surface area contributed by atoms with Gasteiger partial charge in [0, 0.05) is 5.69 Å². The molecule has 1 aromatic carbocycles. The summed E-state index contributed by atoms with van der Waals surface area (Å²) in [7, 11) is 0. The molecule has 1 unspecified atom stereocenters. The van der Waals surface area contributed by atoms with Crippen molar-refractivity contribution < 1.29 is 14.3 Å². The summed E-state index contributed by atoms with van der Waals surface area (Å²) in [4.78, 5) is 22.4. The summed E-state index contributed by atoms with van der Waals surface area (Å²) in [5, 5.41) is 5.27. The number of amides is 2. The molecule has 0 radical (unpaired) electrons. The maximum absolute atomic E-state index is 11.4. The molecule has 1 fully saturated rings. The molecule has 0 spiro atoms. The van der Waals surface area contributed by atoms with Crippen LogP contribution in [-0.4, -0.2) is 24.0 Å². The summed E-state index contributed by atoms with van der Waals surface area (Å²) in [6.07, 6.45) is 0.310. The zero-order valence-electron chi connectivity index (χ0n) is 10.4. The highest BCUT2D eigenvalue weighted by Gasteiger charge is 2.30. The smallest absolute Gasteiger partial charge is 0.249 e. The van der Waals surface area contributed by atoms with Gasteiger partial charge < -0.3 is 10.1 Å². The van der Waals surface area contributed by atoms with Crippen LogP contribution in [0, 0.1) is 0 Å². The molecule has 1 atom stereocenters. The second-order valence-corrected chi connectivity index (χ2v) is 4.50. The van der Waals surface area contributed by atoms with Crippen molar-refractivity contribution in [3.8, 4) is 5.75 Å². The predicted molar refractivity (Wildman–Crippen MR) is 67.4 cm³/mol. The van der Waals surface area contributed by atoms with Crippen LogP contribution in [0.4, 0.5) is 5.69 Å². The quantitative estimate of drug-likeness (QED) is 0.788. The first-order chi connectivity index (χ1) is 8.54. The fourth-order valence-corrected chi connectivity index (χ4v) is 1.77. The van der Waals surface area contributed by atoms with Gasteiger partial charge in [-0.1, -0.05) is 0 Å². The highest BCUT2D eigenvalue weighted by Crippen LogP contribution is 2.18. The highest BCUT2D eigenvalue weighted by atomic mass is 16.5. The first-order valence-corrected chi connectivity index (χ1v) is 5.91. The maximum Gasteiger partial charge on any atom is 0.249 e. The molecule has 1 aliphatic rings. The van der Waals surface area contributed by atoms with E-state index in [1.807, 2.05) is 38.1 Å². The molecule has 2 N–H and O–H groups in total. The molecular weight excluding hydrogens is 232 g/mol. The summed E-state index contributed by atoms with van der Waals surface area (Å²) in [5.74, 6) is 0.266. The molecule has 1 heterocycles. The molecule has 96 valence electrons. The van der Waals surface area contributed by atoms with Gasteiger partial charge in [-0.3, -0.25) is 14.9 Å². The second kappa shape index (κ2) is 5.08. The van der Waals surface area contributed by atoms with Crippen molar-refractivity contribution in [3.63, 3.8) is 0 Å². The standard InChI is InChI=1S/C13H16N2O3/c1-8(2)18-10-5-3-9(4-6-10)14-11-7-12(16)15-13(11)17/h3-6,8,11,14H,7H2,1-2H3,(H,15,16,17). The highest BCUT2D eigenvalue weighted by molar-refractivity contribution is 6.06. The zero-order chi connectivity index (χ0) is 13.1. The SMILES string of the molecule is CC(C)Oc1ccc(NC2CC(=O)NC2=O)cc1. The van der Waals surface area contributed by atoms with Crippen LogP contribution >= 0.6 is 0 Å². The molecule has 5 heteroatoms. The van der Waals surface area contributed by atoms with Crippen LogP contribution in [0.5, 0.6) is 5.75 Å². The van der Waals surface area contributed by atoms with Gasteiger partial charge in [-0.05, 0) is 38.1 Å². The van der Waals surface area contributed by atoms with E-state index in [0.29, 0.717) is 0 Å². The zero-order valence-corrected chi connectivity index (χ0v) is 10.4. The van der Waals surface area contributed by atoms with E-state index >= 15 is 0 Å². The van der Waals surface area contributed by atoms with Gasteiger partial charge in [-0.2, -0.15) is 0 Å². The molecule has 5 nitrogen and oxygen atoms in total. The van der Waals surface area contributed by atoms with Crippen LogP contribution in [0.15, 0.2) is 24.3 Å². The van der Waals surface area contributed by atoms with Crippen LogP contribution in [-0.2, 0) is 9.59 Å². The van der Waals surface area contributed by atoms with Crippen LogP contribution in [0.25, 0.3) is 0 Å². The summed E-state index contributed by atoms with van der Waals surface area (Å²) < 4.78 is 5.52. The van der Waals surface area contributed by atoms with Crippen molar-refractivity contribution in [2.24, 2.45) is 0 Å². The number of hydrogen-bond donors (Lipinski definition) is 2. The molecule has 1 aliphatic heterocycles. The van der Waals surface area contributed by atoms with Gasteiger partial charge >= 0.3 is 0 Å². The van der Waals surface area contributed by atoms with Gasteiger partial charge in [0.15, 0.2) is 0 Å². The van der Waals surface area contributed by atoms with Crippen LogP contribution in [0.3, 0.4) is 0 Å². The molecule has 2 rings (SSSR count). The lowest BCUT2D eigenvalue weighted by molar-refractivity contribution is -0.124. The van der Waals surface area contributed by atoms with E-state index < -0.39 is 6.04 Å². The average Bonchev–Trinajstić information content (AvgIpc) is 2.59. The Morgan fingerprint density at radius 2 is 1.94 bits per heavy atom. The molecule has 1 aromatic rings. The van der Waals surface area contributed by atoms with E-state index in [2.05, 4.69) is 10.6 Å². The second-order valence-electron chi connectivity index (χ2n) is 4.50. The molecule has 0 bridgehead atoms. The average molecular weight is 248 g/mol. The number of hydrogen-bond acceptors (Lipinski definition) is 4. The first-order valence-electron chi connectivity index (χ1n) is 5.91. The Balaban J connectivity index is 1.98. The molecule has 2 amide bonds.